The predicted octanol–water partition coefficient (Wildman–Crippen LogP) is 2.14. The van der Waals surface area contributed by atoms with Crippen LogP contribution in [0.5, 0.6) is 5.75 Å². The molecule has 0 saturated heterocycles. The SMILES string of the molecule is CCc1ccccc1OCC(=O)Nc1nnc(C(C)N)s1. The summed E-state index contributed by atoms with van der Waals surface area (Å²) in [4.78, 5) is 11.8. The largest absolute Gasteiger partial charge is 0.483 e. The van der Waals surface area contributed by atoms with Gasteiger partial charge in [-0.1, -0.05) is 36.5 Å². The zero-order chi connectivity index (χ0) is 15.2. The highest BCUT2D eigenvalue weighted by Gasteiger charge is 2.11. The summed E-state index contributed by atoms with van der Waals surface area (Å²) >= 11 is 1.26. The molecule has 0 aliphatic rings. The van der Waals surface area contributed by atoms with Gasteiger partial charge in [0.25, 0.3) is 5.91 Å². The first-order valence-corrected chi connectivity index (χ1v) is 7.51. The van der Waals surface area contributed by atoms with Gasteiger partial charge in [-0.05, 0) is 25.0 Å². The predicted molar refractivity (Wildman–Crippen MR) is 82.5 cm³/mol. The number of anilines is 1. The third-order valence-electron chi connectivity index (χ3n) is 2.79. The summed E-state index contributed by atoms with van der Waals surface area (Å²) in [7, 11) is 0. The van der Waals surface area contributed by atoms with Crippen molar-refractivity contribution in [2.75, 3.05) is 11.9 Å². The van der Waals surface area contributed by atoms with E-state index >= 15 is 0 Å². The van der Waals surface area contributed by atoms with Gasteiger partial charge in [0, 0.05) is 0 Å². The van der Waals surface area contributed by atoms with E-state index in [2.05, 4.69) is 15.5 Å². The molecular formula is C14H18N4O2S. The fraction of sp³-hybridized carbons (Fsp3) is 0.357. The van der Waals surface area contributed by atoms with E-state index in [4.69, 9.17) is 10.5 Å². The van der Waals surface area contributed by atoms with Crippen molar-refractivity contribution < 1.29 is 9.53 Å². The van der Waals surface area contributed by atoms with E-state index in [0.717, 1.165) is 17.7 Å². The molecule has 0 bridgehead atoms. The second-order valence-corrected chi connectivity index (χ2v) is 5.54. The van der Waals surface area contributed by atoms with Crippen LogP contribution in [0.3, 0.4) is 0 Å². The van der Waals surface area contributed by atoms with Crippen molar-refractivity contribution in [2.24, 2.45) is 5.73 Å². The zero-order valence-corrected chi connectivity index (χ0v) is 12.8. The van der Waals surface area contributed by atoms with Gasteiger partial charge < -0.3 is 10.5 Å². The molecule has 0 aliphatic carbocycles. The van der Waals surface area contributed by atoms with Crippen LogP contribution in [0.4, 0.5) is 5.13 Å². The molecule has 7 heteroatoms. The number of nitrogens with zero attached hydrogens (tertiary/aromatic N) is 2. The van der Waals surface area contributed by atoms with Gasteiger partial charge in [-0.2, -0.15) is 0 Å². The molecule has 1 amide bonds. The van der Waals surface area contributed by atoms with Crippen LogP contribution in [0.2, 0.25) is 0 Å². The lowest BCUT2D eigenvalue weighted by Gasteiger charge is -2.09. The average Bonchev–Trinajstić information content (AvgIpc) is 2.94. The fourth-order valence-electron chi connectivity index (χ4n) is 1.70. The number of para-hydroxylation sites is 1. The number of hydrogen-bond acceptors (Lipinski definition) is 6. The molecule has 1 heterocycles. The van der Waals surface area contributed by atoms with E-state index in [1.54, 1.807) is 0 Å². The number of aromatic nitrogens is 2. The van der Waals surface area contributed by atoms with E-state index in [-0.39, 0.29) is 18.6 Å². The number of hydrogen-bond donors (Lipinski definition) is 2. The topological polar surface area (TPSA) is 90.1 Å². The van der Waals surface area contributed by atoms with Crippen LogP contribution in [-0.2, 0) is 11.2 Å². The molecule has 21 heavy (non-hydrogen) atoms. The molecular weight excluding hydrogens is 288 g/mol. The summed E-state index contributed by atoms with van der Waals surface area (Å²) in [6, 6.07) is 7.47. The van der Waals surface area contributed by atoms with Gasteiger partial charge in [0.05, 0.1) is 6.04 Å². The molecule has 6 nitrogen and oxygen atoms in total. The number of carbonyl (C=O) groups is 1. The molecule has 0 fully saturated rings. The molecule has 0 saturated carbocycles. The molecule has 112 valence electrons. The van der Waals surface area contributed by atoms with Gasteiger partial charge in [-0.15, -0.1) is 10.2 Å². The quantitative estimate of drug-likeness (QED) is 0.853. The molecule has 1 aromatic heterocycles. The Bertz CT molecular complexity index is 613. The van der Waals surface area contributed by atoms with E-state index in [9.17, 15) is 4.79 Å². The molecule has 2 rings (SSSR count). The highest BCUT2D eigenvalue weighted by Crippen LogP contribution is 2.20. The van der Waals surface area contributed by atoms with Crippen LogP contribution in [0.25, 0.3) is 0 Å². The number of ether oxygens (including phenoxy) is 1. The van der Waals surface area contributed by atoms with Crippen LogP contribution in [0.1, 0.15) is 30.5 Å². The maximum atomic E-state index is 11.8. The van der Waals surface area contributed by atoms with Crippen LogP contribution in [-0.4, -0.2) is 22.7 Å². The third kappa shape index (κ3) is 4.24. The normalized spacial score (nSPS) is 12.0. The van der Waals surface area contributed by atoms with Gasteiger partial charge in [0.2, 0.25) is 5.13 Å². The van der Waals surface area contributed by atoms with Crippen molar-refractivity contribution in [3.05, 3.63) is 34.8 Å². The first-order valence-electron chi connectivity index (χ1n) is 6.69. The Labute approximate surface area is 127 Å². The molecule has 1 atom stereocenters. The zero-order valence-electron chi connectivity index (χ0n) is 12.0. The minimum atomic E-state index is -0.270. The van der Waals surface area contributed by atoms with E-state index in [1.165, 1.54) is 11.3 Å². The number of aryl methyl sites for hydroxylation is 1. The van der Waals surface area contributed by atoms with Crippen molar-refractivity contribution in [1.29, 1.82) is 0 Å². The lowest BCUT2D eigenvalue weighted by molar-refractivity contribution is -0.118. The summed E-state index contributed by atoms with van der Waals surface area (Å²) in [6.45, 7) is 3.79. The minimum Gasteiger partial charge on any atom is -0.483 e. The Morgan fingerprint density at radius 3 is 2.86 bits per heavy atom. The summed E-state index contributed by atoms with van der Waals surface area (Å²) in [6.07, 6.45) is 0.853. The molecule has 0 radical (unpaired) electrons. The maximum absolute atomic E-state index is 11.8. The number of nitrogens with two attached hydrogens (primary N) is 1. The Kier molecular flexibility index (Phi) is 5.24. The molecule has 3 N–H and O–H groups in total. The number of rotatable bonds is 6. The average molecular weight is 306 g/mol. The number of nitrogens with one attached hydrogen (secondary N) is 1. The molecule has 1 unspecified atom stereocenters. The van der Waals surface area contributed by atoms with Crippen LogP contribution >= 0.6 is 11.3 Å². The summed E-state index contributed by atoms with van der Waals surface area (Å²) in [5.41, 5.74) is 6.76. The van der Waals surface area contributed by atoms with Gasteiger partial charge in [0.1, 0.15) is 10.8 Å². The summed E-state index contributed by atoms with van der Waals surface area (Å²) < 4.78 is 5.54. The third-order valence-corrected chi connectivity index (χ3v) is 3.83. The van der Waals surface area contributed by atoms with Crippen molar-refractivity contribution in [3.63, 3.8) is 0 Å². The van der Waals surface area contributed by atoms with Crippen molar-refractivity contribution >= 4 is 22.4 Å². The van der Waals surface area contributed by atoms with Crippen LogP contribution < -0.4 is 15.8 Å². The van der Waals surface area contributed by atoms with Gasteiger partial charge in [0.15, 0.2) is 6.61 Å². The fourth-order valence-corrected chi connectivity index (χ4v) is 2.42. The molecule has 2 aromatic rings. The second kappa shape index (κ2) is 7.14. The monoisotopic (exact) mass is 306 g/mol. The summed E-state index contributed by atoms with van der Waals surface area (Å²) in [5, 5.41) is 11.5. The Hall–Kier alpha value is -1.99. The van der Waals surface area contributed by atoms with Crippen molar-refractivity contribution in [3.8, 4) is 5.75 Å². The van der Waals surface area contributed by atoms with Crippen LogP contribution in [0.15, 0.2) is 24.3 Å². The highest BCUT2D eigenvalue weighted by molar-refractivity contribution is 7.15. The standard InChI is InChI=1S/C14H18N4O2S/c1-3-10-6-4-5-7-11(10)20-8-12(19)16-14-18-17-13(21-14)9(2)15/h4-7,9H,3,8,15H2,1-2H3,(H,16,18,19). The maximum Gasteiger partial charge on any atom is 0.264 e. The van der Waals surface area contributed by atoms with Crippen LogP contribution in [0, 0.1) is 0 Å². The van der Waals surface area contributed by atoms with E-state index in [1.807, 2.05) is 38.1 Å². The summed E-state index contributed by atoms with van der Waals surface area (Å²) in [5.74, 6) is 0.456. The Balaban J connectivity index is 1.89. The first kappa shape index (κ1) is 15.4. The second-order valence-electron chi connectivity index (χ2n) is 4.53. The van der Waals surface area contributed by atoms with Crippen molar-refractivity contribution in [2.45, 2.75) is 26.3 Å². The van der Waals surface area contributed by atoms with Gasteiger partial charge >= 0.3 is 0 Å². The Morgan fingerprint density at radius 1 is 1.43 bits per heavy atom. The molecule has 1 aromatic carbocycles. The number of benzene rings is 1. The number of carbonyl (C=O) groups excluding carboxylic acids is 1. The molecule has 0 aliphatic heterocycles. The lowest BCUT2D eigenvalue weighted by Crippen LogP contribution is -2.20. The smallest absolute Gasteiger partial charge is 0.264 e. The lowest BCUT2D eigenvalue weighted by atomic mass is 10.1. The molecule has 0 spiro atoms. The first-order chi connectivity index (χ1) is 10.1. The van der Waals surface area contributed by atoms with Gasteiger partial charge in [-0.3, -0.25) is 10.1 Å². The van der Waals surface area contributed by atoms with Gasteiger partial charge in [-0.25, -0.2) is 0 Å². The Morgan fingerprint density at radius 2 is 2.19 bits per heavy atom. The number of amides is 1. The highest BCUT2D eigenvalue weighted by atomic mass is 32.1. The van der Waals surface area contributed by atoms with E-state index < -0.39 is 0 Å². The minimum absolute atomic E-state index is 0.0654. The van der Waals surface area contributed by atoms with E-state index in [0.29, 0.717) is 10.1 Å². The van der Waals surface area contributed by atoms with Crippen molar-refractivity contribution in [1.82, 2.24) is 10.2 Å².